The van der Waals surface area contributed by atoms with E-state index >= 15 is 0 Å². The van der Waals surface area contributed by atoms with Crippen LogP contribution in [0.4, 0.5) is 5.82 Å². The number of carboxylic acid groups (broad SMARTS) is 1. The van der Waals surface area contributed by atoms with Gasteiger partial charge in [0, 0.05) is 24.6 Å². The van der Waals surface area contributed by atoms with Crippen LogP contribution >= 0.6 is 0 Å². The normalized spacial score (nSPS) is 12.1. The fourth-order valence-electron chi connectivity index (χ4n) is 1.36. The average molecular weight is 225 g/mol. The fourth-order valence-corrected chi connectivity index (χ4v) is 1.36. The molecule has 0 radical (unpaired) electrons. The minimum atomic E-state index is -0.893. The van der Waals surface area contributed by atoms with Gasteiger partial charge in [-0.05, 0) is 12.8 Å². The number of nitrogens with one attached hydrogen (secondary N) is 2. The Morgan fingerprint density at radius 3 is 2.75 bits per heavy atom. The van der Waals surface area contributed by atoms with Crippen LogP contribution < -0.4 is 5.32 Å². The van der Waals surface area contributed by atoms with E-state index in [1.54, 1.807) is 13.0 Å². The van der Waals surface area contributed by atoms with Gasteiger partial charge in [0.1, 0.15) is 0 Å². The minimum absolute atomic E-state index is 0.00693. The molecule has 1 aromatic rings. The molecule has 0 saturated heterocycles. The lowest BCUT2D eigenvalue weighted by Crippen LogP contribution is -2.17. The quantitative estimate of drug-likeness (QED) is 0.700. The van der Waals surface area contributed by atoms with Crippen molar-refractivity contribution in [2.45, 2.75) is 26.7 Å². The average Bonchev–Trinajstić information content (AvgIpc) is 2.48. The molecule has 1 amide bonds. The maximum absolute atomic E-state index is 11.5. The van der Waals surface area contributed by atoms with E-state index in [1.807, 2.05) is 6.92 Å². The van der Waals surface area contributed by atoms with Gasteiger partial charge in [-0.1, -0.05) is 6.92 Å². The summed E-state index contributed by atoms with van der Waals surface area (Å²) in [5, 5.41) is 17.7. The molecular formula is C10H15N3O3. The van der Waals surface area contributed by atoms with Crippen LogP contribution in [0.15, 0.2) is 6.07 Å². The first-order valence-electron chi connectivity index (χ1n) is 5.01. The van der Waals surface area contributed by atoms with Crippen molar-refractivity contribution in [2.24, 2.45) is 5.92 Å². The summed E-state index contributed by atoms with van der Waals surface area (Å²) in [4.78, 5) is 21.9. The largest absolute Gasteiger partial charge is 0.481 e. The van der Waals surface area contributed by atoms with Gasteiger partial charge in [0.25, 0.3) is 0 Å². The number of nitrogens with zero attached hydrogens (tertiary/aromatic N) is 1. The molecule has 0 aliphatic carbocycles. The maximum atomic E-state index is 11.5. The Morgan fingerprint density at radius 1 is 1.56 bits per heavy atom. The zero-order chi connectivity index (χ0) is 12.1. The van der Waals surface area contributed by atoms with Gasteiger partial charge in [0.15, 0.2) is 5.82 Å². The first-order valence-corrected chi connectivity index (χ1v) is 5.01. The van der Waals surface area contributed by atoms with E-state index in [9.17, 15) is 9.59 Å². The number of aryl methyl sites for hydroxylation is 1. The second-order valence-electron chi connectivity index (χ2n) is 3.89. The Morgan fingerprint density at radius 2 is 2.25 bits per heavy atom. The van der Waals surface area contributed by atoms with E-state index in [2.05, 4.69) is 15.5 Å². The van der Waals surface area contributed by atoms with Crippen molar-refractivity contribution in [1.82, 2.24) is 10.2 Å². The summed E-state index contributed by atoms with van der Waals surface area (Å²) < 4.78 is 0. The van der Waals surface area contributed by atoms with Crippen molar-refractivity contribution < 1.29 is 14.7 Å². The lowest BCUT2D eigenvalue weighted by atomic mass is 10.0. The van der Waals surface area contributed by atoms with Crippen LogP contribution in [0.3, 0.4) is 0 Å². The standard InChI is InChI=1S/C10H15N3O3/c1-6(4-10(15)16)3-9(14)11-8-5-7(2)12-13-8/h5-6H,3-4H2,1-2H3,(H,15,16)(H2,11,12,13,14). The maximum Gasteiger partial charge on any atom is 0.303 e. The van der Waals surface area contributed by atoms with Gasteiger partial charge < -0.3 is 10.4 Å². The molecule has 0 aromatic carbocycles. The summed E-state index contributed by atoms with van der Waals surface area (Å²) in [5.74, 6) is -0.835. The van der Waals surface area contributed by atoms with E-state index in [0.717, 1.165) is 5.69 Å². The van der Waals surface area contributed by atoms with Crippen LogP contribution in [0.2, 0.25) is 0 Å². The van der Waals surface area contributed by atoms with Crippen molar-refractivity contribution in [3.63, 3.8) is 0 Å². The number of hydrogen-bond donors (Lipinski definition) is 3. The highest BCUT2D eigenvalue weighted by molar-refractivity contribution is 5.90. The molecule has 6 nitrogen and oxygen atoms in total. The molecule has 0 saturated carbocycles. The van der Waals surface area contributed by atoms with E-state index in [-0.39, 0.29) is 24.7 Å². The highest BCUT2D eigenvalue weighted by atomic mass is 16.4. The molecule has 0 fully saturated rings. The van der Waals surface area contributed by atoms with E-state index in [0.29, 0.717) is 5.82 Å². The number of carbonyl (C=O) groups excluding carboxylic acids is 1. The zero-order valence-electron chi connectivity index (χ0n) is 9.28. The number of aliphatic carboxylic acids is 1. The molecule has 0 aliphatic rings. The van der Waals surface area contributed by atoms with Gasteiger partial charge in [0.05, 0.1) is 0 Å². The van der Waals surface area contributed by atoms with E-state index in [4.69, 9.17) is 5.11 Å². The second kappa shape index (κ2) is 5.29. The zero-order valence-corrected chi connectivity index (χ0v) is 9.28. The lowest BCUT2D eigenvalue weighted by Gasteiger charge is -2.07. The molecule has 3 N–H and O–H groups in total. The van der Waals surface area contributed by atoms with Crippen molar-refractivity contribution in [1.29, 1.82) is 0 Å². The van der Waals surface area contributed by atoms with Gasteiger partial charge in [-0.3, -0.25) is 14.7 Å². The summed E-state index contributed by atoms with van der Waals surface area (Å²) in [6.07, 6.45) is 0.172. The Bertz CT molecular complexity index is 386. The Balaban J connectivity index is 2.38. The third-order valence-electron chi connectivity index (χ3n) is 2.03. The van der Waals surface area contributed by atoms with Crippen LogP contribution in [0, 0.1) is 12.8 Å². The molecule has 1 aromatic heterocycles. The third-order valence-corrected chi connectivity index (χ3v) is 2.03. The molecule has 1 unspecified atom stereocenters. The van der Waals surface area contributed by atoms with Gasteiger partial charge in [0.2, 0.25) is 5.91 Å². The topological polar surface area (TPSA) is 95.1 Å². The fraction of sp³-hybridized carbons (Fsp3) is 0.500. The number of anilines is 1. The van der Waals surface area contributed by atoms with Crippen LogP contribution in [0.5, 0.6) is 0 Å². The summed E-state index contributed by atoms with van der Waals surface area (Å²) >= 11 is 0. The number of rotatable bonds is 5. The predicted molar refractivity (Wildman–Crippen MR) is 58.0 cm³/mol. The number of aromatic nitrogens is 2. The van der Waals surface area contributed by atoms with Crippen LogP contribution in [0.25, 0.3) is 0 Å². The summed E-state index contributed by atoms with van der Waals surface area (Å²) in [6, 6.07) is 1.71. The number of amides is 1. The summed E-state index contributed by atoms with van der Waals surface area (Å²) in [5.41, 5.74) is 0.855. The molecule has 1 atom stereocenters. The highest BCUT2D eigenvalue weighted by Crippen LogP contribution is 2.10. The van der Waals surface area contributed by atoms with Crippen LogP contribution in [-0.2, 0) is 9.59 Å². The smallest absolute Gasteiger partial charge is 0.303 e. The number of hydrogen-bond acceptors (Lipinski definition) is 3. The van der Waals surface area contributed by atoms with Crippen molar-refractivity contribution in [3.05, 3.63) is 11.8 Å². The first kappa shape index (κ1) is 12.2. The second-order valence-corrected chi connectivity index (χ2v) is 3.89. The molecule has 1 heterocycles. The molecule has 1 rings (SSSR count). The summed E-state index contributed by atoms with van der Waals surface area (Å²) in [7, 11) is 0. The number of H-pyrrole nitrogens is 1. The van der Waals surface area contributed by atoms with Gasteiger partial charge in [-0.25, -0.2) is 0 Å². The predicted octanol–water partition coefficient (Wildman–Crippen LogP) is 1.16. The Kier molecular flexibility index (Phi) is 4.04. The molecule has 88 valence electrons. The van der Waals surface area contributed by atoms with E-state index < -0.39 is 5.97 Å². The Hall–Kier alpha value is -1.85. The number of carbonyl (C=O) groups is 2. The van der Waals surface area contributed by atoms with Crippen LogP contribution in [0.1, 0.15) is 25.5 Å². The molecule has 16 heavy (non-hydrogen) atoms. The number of aromatic amines is 1. The minimum Gasteiger partial charge on any atom is -0.481 e. The molecule has 0 bridgehead atoms. The highest BCUT2D eigenvalue weighted by Gasteiger charge is 2.13. The number of carboxylic acids is 1. The molecular weight excluding hydrogens is 210 g/mol. The lowest BCUT2D eigenvalue weighted by molar-refractivity contribution is -0.138. The van der Waals surface area contributed by atoms with E-state index in [1.165, 1.54) is 0 Å². The first-order chi connectivity index (χ1) is 7.47. The van der Waals surface area contributed by atoms with Crippen molar-refractivity contribution in [3.8, 4) is 0 Å². The van der Waals surface area contributed by atoms with Gasteiger partial charge in [-0.15, -0.1) is 0 Å². The van der Waals surface area contributed by atoms with Crippen molar-refractivity contribution in [2.75, 3.05) is 5.32 Å². The summed E-state index contributed by atoms with van der Waals surface area (Å²) in [6.45, 7) is 3.55. The Labute approximate surface area is 93.1 Å². The third kappa shape index (κ3) is 4.12. The van der Waals surface area contributed by atoms with Crippen LogP contribution in [-0.4, -0.2) is 27.2 Å². The molecule has 0 spiro atoms. The molecule has 0 aliphatic heterocycles. The SMILES string of the molecule is Cc1cc(NC(=O)CC(C)CC(=O)O)n[nH]1. The van der Waals surface area contributed by atoms with Crippen molar-refractivity contribution >= 4 is 17.7 Å². The molecule has 6 heteroatoms. The monoisotopic (exact) mass is 225 g/mol. The van der Waals surface area contributed by atoms with Gasteiger partial charge in [-0.2, -0.15) is 5.10 Å². The van der Waals surface area contributed by atoms with Gasteiger partial charge >= 0.3 is 5.97 Å².